The number of fused-ring (bicyclic) bond motifs is 1. The van der Waals surface area contributed by atoms with Crippen molar-refractivity contribution in [2.75, 3.05) is 5.32 Å². The van der Waals surface area contributed by atoms with E-state index in [1.165, 1.54) is 0 Å². The van der Waals surface area contributed by atoms with Crippen molar-refractivity contribution in [1.82, 2.24) is 10.3 Å². The molecule has 1 aromatic heterocycles. The minimum absolute atomic E-state index is 0.126. The van der Waals surface area contributed by atoms with Crippen LogP contribution < -0.4 is 16.2 Å². The minimum atomic E-state index is -0.428. The van der Waals surface area contributed by atoms with Crippen LogP contribution in [0.3, 0.4) is 0 Å². The summed E-state index contributed by atoms with van der Waals surface area (Å²) in [5, 5.41) is 5.63. The molecule has 3 aromatic rings. The maximum Gasteiger partial charge on any atom is 0.261 e. The minimum Gasteiger partial charge on any atom is -0.348 e. The number of carbonyl (C=O) groups is 2. The van der Waals surface area contributed by atoms with E-state index < -0.39 is 5.91 Å². The lowest BCUT2D eigenvalue weighted by Gasteiger charge is -2.09. The van der Waals surface area contributed by atoms with Gasteiger partial charge >= 0.3 is 0 Å². The number of aryl methyl sites for hydroxylation is 2. The normalized spacial score (nSPS) is 12.3. The third-order valence-corrected chi connectivity index (χ3v) is 5.63. The van der Waals surface area contributed by atoms with Crippen LogP contribution in [0.2, 0.25) is 0 Å². The Morgan fingerprint density at radius 1 is 0.967 bits per heavy atom. The molecule has 1 aliphatic carbocycles. The number of carbonyl (C=O) groups excluding carboxylic acids is 2. The number of benzene rings is 2. The van der Waals surface area contributed by atoms with Crippen LogP contribution in [0, 0.1) is 0 Å². The van der Waals surface area contributed by atoms with Gasteiger partial charge < -0.3 is 15.6 Å². The van der Waals surface area contributed by atoms with E-state index in [4.69, 9.17) is 0 Å². The van der Waals surface area contributed by atoms with E-state index in [9.17, 15) is 14.4 Å². The smallest absolute Gasteiger partial charge is 0.261 e. The average molecular weight is 466 g/mol. The Bertz CT molecular complexity index is 1150. The van der Waals surface area contributed by atoms with E-state index in [-0.39, 0.29) is 17.0 Å². The van der Waals surface area contributed by atoms with Crippen molar-refractivity contribution in [2.45, 2.75) is 25.8 Å². The molecule has 6 nitrogen and oxygen atoms in total. The number of hydrogen-bond acceptors (Lipinski definition) is 3. The van der Waals surface area contributed by atoms with Crippen LogP contribution in [-0.4, -0.2) is 16.8 Å². The zero-order chi connectivity index (χ0) is 21.1. The molecule has 0 bridgehead atoms. The number of rotatable bonds is 5. The number of nitrogens with one attached hydrogen (secondary N) is 3. The van der Waals surface area contributed by atoms with Crippen LogP contribution in [0.5, 0.6) is 0 Å². The molecule has 2 aromatic carbocycles. The quantitative estimate of drug-likeness (QED) is 0.534. The number of aromatic nitrogens is 1. The SMILES string of the molecule is O=C(NCc1ccc(NC(=O)c2cc3c([nH]c2=O)CCC3)cc1)c1ccc(Br)cc1. The lowest BCUT2D eigenvalue weighted by Crippen LogP contribution is -2.24. The molecule has 0 radical (unpaired) electrons. The van der Waals surface area contributed by atoms with Crippen molar-refractivity contribution in [2.24, 2.45) is 0 Å². The Labute approximate surface area is 181 Å². The third-order valence-electron chi connectivity index (χ3n) is 5.10. The summed E-state index contributed by atoms with van der Waals surface area (Å²) in [7, 11) is 0. The Balaban J connectivity index is 1.37. The highest BCUT2D eigenvalue weighted by Gasteiger charge is 2.18. The largest absolute Gasteiger partial charge is 0.348 e. The molecule has 4 rings (SSSR count). The first-order chi connectivity index (χ1) is 14.5. The average Bonchev–Trinajstić information content (AvgIpc) is 3.20. The van der Waals surface area contributed by atoms with Gasteiger partial charge in [-0.2, -0.15) is 0 Å². The maximum absolute atomic E-state index is 12.5. The van der Waals surface area contributed by atoms with Crippen molar-refractivity contribution in [3.05, 3.63) is 97.4 Å². The van der Waals surface area contributed by atoms with Crippen molar-refractivity contribution in [3.63, 3.8) is 0 Å². The molecular weight excluding hydrogens is 446 g/mol. The van der Waals surface area contributed by atoms with Crippen LogP contribution >= 0.6 is 15.9 Å². The van der Waals surface area contributed by atoms with Crippen molar-refractivity contribution >= 4 is 33.4 Å². The third kappa shape index (κ3) is 4.52. The molecule has 152 valence electrons. The Morgan fingerprint density at radius 3 is 2.43 bits per heavy atom. The molecule has 7 heteroatoms. The van der Waals surface area contributed by atoms with Gasteiger partial charge in [0.1, 0.15) is 5.56 Å². The first-order valence-corrected chi connectivity index (χ1v) is 10.5. The van der Waals surface area contributed by atoms with Crippen LogP contribution in [0.1, 0.15) is 44.0 Å². The second-order valence-corrected chi connectivity index (χ2v) is 8.13. The molecule has 0 atom stereocenters. The second kappa shape index (κ2) is 8.67. The summed E-state index contributed by atoms with van der Waals surface area (Å²) >= 11 is 3.34. The Hall–Kier alpha value is -3.19. The molecule has 0 unspecified atom stereocenters. The fraction of sp³-hybridized carbons (Fsp3) is 0.174. The lowest BCUT2D eigenvalue weighted by molar-refractivity contribution is 0.0950. The van der Waals surface area contributed by atoms with Gasteiger partial charge in [0, 0.05) is 28.0 Å². The number of H-pyrrole nitrogens is 1. The van der Waals surface area contributed by atoms with Crippen LogP contribution in [0.25, 0.3) is 0 Å². The van der Waals surface area contributed by atoms with Crippen LogP contribution in [-0.2, 0) is 19.4 Å². The highest BCUT2D eigenvalue weighted by Crippen LogP contribution is 2.19. The van der Waals surface area contributed by atoms with E-state index in [0.717, 1.165) is 40.6 Å². The van der Waals surface area contributed by atoms with Crippen LogP contribution in [0.4, 0.5) is 5.69 Å². The summed E-state index contributed by atoms with van der Waals surface area (Å²) in [5.74, 6) is -0.585. The molecule has 2 amide bonds. The standard InChI is InChI=1S/C23H20BrN3O3/c24-17-8-6-15(7-9-17)21(28)25-13-14-4-10-18(11-5-14)26-22(29)19-12-16-2-1-3-20(16)27-23(19)30/h4-12H,1-3,13H2,(H,25,28)(H,26,29)(H,27,30). The number of amides is 2. The van der Waals surface area contributed by atoms with E-state index in [2.05, 4.69) is 31.5 Å². The number of hydrogen-bond donors (Lipinski definition) is 3. The highest BCUT2D eigenvalue weighted by atomic mass is 79.9. The molecular formula is C23H20BrN3O3. The number of pyridine rings is 1. The van der Waals surface area contributed by atoms with Crippen molar-refractivity contribution in [1.29, 1.82) is 0 Å². The number of halogens is 1. The van der Waals surface area contributed by atoms with Gasteiger partial charge in [-0.3, -0.25) is 14.4 Å². The summed E-state index contributed by atoms with van der Waals surface area (Å²) in [6.07, 6.45) is 2.73. The van der Waals surface area contributed by atoms with Gasteiger partial charge in [-0.25, -0.2) is 0 Å². The van der Waals surface area contributed by atoms with Gasteiger partial charge in [0.05, 0.1) is 0 Å². The van der Waals surface area contributed by atoms with Gasteiger partial charge in [0.25, 0.3) is 17.4 Å². The van der Waals surface area contributed by atoms with Gasteiger partial charge in [0.15, 0.2) is 0 Å². The summed E-state index contributed by atoms with van der Waals surface area (Å²) in [6.45, 7) is 0.369. The zero-order valence-electron chi connectivity index (χ0n) is 16.1. The molecule has 0 spiro atoms. The molecule has 1 heterocycles. The molecule has 1 aliphatic rings. The molecule has 30 heavy (non-hydrogen) atoms. The highest BCUT2D eigenvalue weighted by molar-refractivity contribution is 9.10. The van der Waals surface area contributed by atoms with Crippen molar-refractivity contribution < 1.29 is 9.59 Å². The first-order valence-electron chi connectivity index (χ1n) is 9.69. The van der Waals surface area contributed by atoms with E-state index >= 15 is 0 Å². The topological polar surface area (TPSA) is 91.1 Å². The molecule has 0 saturated carbocycles. The van der Waals surface area contributed by atoms with Crippen molar-refractivity contribution in [3.8, 4) is 0 Å². The van der Waals surface area contributed by atoms with Gasteiger partial charge in [-0.1, -0.05) is 28.1 Å². The molecule has 0 fully saturated rings. The first kappa shape index (κ1) is 20.1. The molecule has 0 saturated heterocycles. The lowest BCUT2D eigenvalue weighted by atomic mass is 10.1. The fourth-order valence-corrected chi connectivity index (χ4v) is 3.74. The maximum atomic E-state index is 12.5. The number of aromatic amines is 1. The monoisotopic (exact) mass is 465 g/mol. The summed E-state index contributed by atoms with van der Waals surface area (Å²) in [5.41, 5.74) is 3.81. The van der Waals surface area contributed by atoms with E-state index in [0.29, 0.717) is 17.8 Å². The van der Waals surface area contributed by atoms with Gasteiger partial charge in [-0.15, -0.1) is 0 Å². The number of anilines is 1. The Kier molecular flexibility index (Phi) is 5.81. The predicted molar refractivity (Wildman–Crippen MR) is 119 cm³/mol. The summed E-state index contributed by atoms with van der Waals surface area (Å²) in [4.78, 5) is 39.7. The zero-order valence-corrected chi connectivity index (χ0v) is 17.7. The summed E-state index contributed by atoms with van der Waals surface area (Å²) in [6, 6.07) is 16.0. The Morgan fingerprint density at radius 2 is 1.70 bits per heavy atom. The van der Waals surface area contributed by atoms with Gasteiger partial charge in [0.2, 0.25) is 0 Å². The van der Waals surface area contributed by atoms with Gasteiger partial charge in [-0.05, 0) is 72.9 Å². The van der Waals surface area contributed by atoms with Crippen LogP contribution in [0.15, 0.2) is 63.9 Å². The molecule has 3 N–H and O–H groups in total. The second-order valence-electron chi connectivity index (χ2n) is 7.21. The summed E-state index contributed by atoms with van der Waals surface area (Å²) < 4.78 is 0.915. The molecule has 0 aliphatic heterocycles. The fourth-order valence-electron chi connectivity index (χ4n) is 3.47. The predicted octanol–water partition coefficient (Wildman–Crippen LogP) is 3.81. The van der Waals surface area contributed by atoms with E-state index in [1.807, 2.05) is 24.3 Å². The van der Waals surface area contributed by atoms with E-state index in [1.54, 1.807) is 30.3 Å².